The summed E-state index contributed by atoms with van der Waals surface area (Å²) in [6, 6.07) is 14.1. The van der Waals surface area contributed by atoms with Gasteiger partial charge in [-0.2, -0.15) is 13.2 Å². The molecule has 1 atom stereocenters. The van der Waals surface area contributed by atoms with E-state index >= 15 is 0 Å². The number of hydrogen-bond donors (Lipinski definition) is 0. The van der Waals surface area contributed by atoms with Crippen molar-refractivity contribution >= 4 is 23.0 Å². The van der Waals surface area contributed by atoms with Crippen LogP contribution < -0.4 is 4.90 Å². The van der Waals surface area contributed by atoms with E-state index in [2.05, 4.69) is 0 Å². The van der Waals surface area contributed by atoms with Crippen molar-refractivity contribution < 1.29 is 36.9 Å². The van der Waals surface area contributed by atoms with Crippen LogP contribution in [0.3, 0.4) is 0 Å². The van der Waals surface area contributed by atoms with Gasteiger partial charge in [0.05, 0.1) is 28.1 Å². The summed E-state index contributed by atoms with van der Waals surface area (Å²) in [6.07, 6.45) is -4.96. The summed E-state index contributed by atoms with van der Waals surface area (Å²) in [5.74, 6) is -0.974. The van der Waals surface area contributed by atoms with Crippen LogP contribution in [0, 0.1) is 26.0 Å². The minimum absolute atomic E-state index is 0.0403. The van der Waals surface area contributed by atoms with E-state index in [4.69, 9.17) is 4.74 Å². The lowest BCUT2D eigenvalue weighted by atomic mass is 9.94. The molecule has 2 saturated heterocycles. The first kappa shape index (κ1) is 28.0. The first-order valence-electron chi connectivity index (χ1n) is 12.5. The van der Waals surface area contributed by atoms with Crippen LogP contribution in [-0.4, -0.2) is 46.1 Å². The number of alkyl halides is 3. The summed E-state index contributed by atoms with van der Waals surface area (Å²) in [7, 11) is 0. The van der Waals surface area contributed by atoms with Crippen LogP contribution in [0.2, 0.25) is 0 Å². The van der Waals surface area contributed by atoms with Crippen molar-refractivity contribution in [1.82, 2.24) is 4.90 Å². The quantitative estimate of drug-likeness (QED) is 0.212. The Morgan fingerprint density at radius 1 is 0.927 bits per heavy atom. The van der Waals surface area contributed by atoms with Gasteiger partial charge in [-0.1, -0.05) is 30.3 Å². The molecule has 3 aromatic carbocycles. The van der Waals surface area contributed by atoms with Crippen LogP contribution in [0.25, 0.3) is 0 Å². The molecule has 0 aromatic heterocycles. The molecule has 5 rings (SSSR count). The second-order valence-corrected chi connectivity index (χ2v) is 9.73. The van der Waals surface area contributed by atoms with Crippen LogP contribution in [0.15, 0.2) is 66.7 Å². The highest BCUT2D eigenvalue weighted by Crippen LogP contribution is 2.48. The number of halogens is 4. The molecule has 10 nitrogen and oxygen atoms in total. The minimum atomic E-state index is -5.04. The Morgan fingerprint density at radius 3 is 2.00 bits per heavy atom. The molecule has 14 heteroatoms. The second kappa shape index (κ2) is 10.4. The van der Waals surface area contributed by atoms with Gasteiger partial charge in [0.1, 0.15) is 11.5 Å². The number of anilines is 1. The topological polar surface area (TPSA) is 119 Å². The zero-order valence-corrected chi connectivity index (χ0v) is 21.2. The lowest BCUT2D eigenvalue weighted by Crippen LogP contribution is -2.55. The Labute approximate surface area is 230 Å². The minimum Gasteiger partial charge on any atom is -0.360 e. The number of piperidine rings is 1. The molecule has 0 saturated carbocycles. The SMILES string of the molecule is O=C(c1ccc(F)cc1)N1[C@H](c2ccccc2)COC12CCN(c1c([N+](=O)[O-])cc(C(F)(F)F)cc1[N+](=O)[O-])CC2. The number of carbonyl (C=O) groups is 1. The first-order chi connectivity index (χ1) is 19.4. The molecule has 0 N–H and O–H groups in total. The summed E-state index contributed by atoms with van der Waals surface area (Å²) in [5, 5.41) is 23.5. The fourth-order valence-electron chi connectivity index (χ4n) is 5.48. The maximum absolute atomic E-state index is 13.8. The Balaban J connectivity index is 1.51. The molecular formula is C27H22F4N4O6. The highest BCUT2D eigenvalue weighted by molar-refractivity contribution is 5.95. The van der Waals surface area contributed by atoms with Gasteiger partial charge in [0, 0.05) is 43.6 Å². The van der Waals surface area contributed by atoms with Gasteiger partial charge < -0.3 is 14.5 Å². The Morgan fingerprint density at radius 2 is 1.49 bits per heavy atom. The molecule has 2 aliphatic rings. The predicted octanol–water partition coefficient (Wildman–Crippen LogP) is 5.87. The number of benzene rings is 3. The van der Waals surface area contributed by atoms with Crippen LogP contribution in [0.1, 0.15) is 40.4 Å². The largest absolute Gasteiger partial charge is 0.416 e. The van der Waals surface area contributed by atoms with Crippen molar-refractivity contribution in [3.8, 4) is 0 Å². The van der Waals surface area contributed by atoms with Gasteiger partial charge in [0.15, 0.2) is 5.69 Å². The van der Waals surface area contributed by atoms with Crippen molar-refractivity contribution in [2.45, 2.75) is 30.8 Å². The first-order valence-corrected chi connectivity index (χ1v) is 12.5. The number of ether oxygens (including phenoxy) is 1. The molecular weight excluding hydrogens is 552 g/mol. The fraction of sp³-hybridized carbons (Fsp3) is 0.296. The van der Waals surface area contributed by atoms with E-state index in [1.54, 1.807) is 17.0 Å². The van der Waals surface area contributed by atoms with Gasteiger partial charge in [-0.15, -0.1) is 0 Å². The summed E-state index contributed by atoms with van der Waals surface area (Å²) in [5.41, 5.74) is -4.39. The zero-order chi connectivity index (χ0) is 29.5. The molecule has 2 heterocycles. The van der Waals surface area contributed by atoms with Crippen LogP contribution >= 0.6 is 0 Å². The van der Waals surface area contributed by atoms with Crippen molar-refractivity contribution in [1.29, 1.82) is 0 Å². The molecule has 1 spiro atoms. The molecule has 2 aliphatic heterocycles. The molecule has 214 valence electrons. The van der Waals surface area contributed by atoms with E-state index < -0.39 is 62.1 Å². The maximum atomic E-state index is 13.8. The van der Waals surface area contributed by atoms with Crippen molar-refractivity contribution in [2.75, 3.05) is 24.6 Å². The van der Waals surface area contributed by atoms with Crippen LogP contribution in [-0.2, 0) is 10.9 Å². The Kier molecular flexibility index (Phi) is 7.11. The molecule has 0 radical (unpaired) electrons. The van der Waals surface area contributed by atoms with Crippen molar-refractivity contribution in [3.63, 3.8) is 0 Å². The van der Waals surface area contributed by atoms with Gasteiger partial charge in [-0.3, -0.25) is 25.0 Å². The summed E-state index contributed by atoms with van der Waals surface area (Å²) < 4.78 is 59.9. The van der Waals surface area contributed by atoms with E-state index in [9.17, 15) is 42.6 Å². The van der Waals surface area contributed by atoms with Crippen molar-refractivity contribution in [3.05, 3.63) is 109 Å². The number of rotatable bonds is 5. The average molecular weight is 574 g/mol. The lowest BCUT2D eigenvalue weighted by molar-refractivity contribution is -0.393. The average Bonchev–Trinajstić information content (AvgIpc) is 3.31. The Hall–Kier alpha value is -4.59. The van der Waals surface area contributed by atoms with E-state index in [1.807, 2.05) is 18.2 Å². The van der Waals surface area contributed by atoms with Gasteiger partial charge in [-0.05, 0) is 29.8 Å². The molecule has 1 amide bonds. The third-order valence-electron chi connectivity index (χ3n) is 7.41. The molecule has 0 aliphatic carbocycles. The molecule has 0 bridgehead atoms. The van der Waals surface area contributed by atoms with Crippen LogP contribution in [0.4, 0.5) is 34.6 Å². The van der Waals surface area contributed by atoms with Gasteiger partial charge in [0.2, 0.25) is 0 Å². The van der Waals surface area contributed by atoms with E-state index in [0.29, 0.717) is 0 Å². The zero-order valence-electron chi connectivity index (χ0n) is 21.2. The smallest absolute Gasteiger partial charge is 0.360 e. The molecule has 0 unspecified atom stereocenters. The number of nitro groups is 2. The second-order valence-electron chi connectivity index (χ2n) is 9.73. The van der Waals surface area contributed by atoms with Crippen LogP contribution in [0.5, 0.6) is 0 Å². The standard InChI is InChI=1S/C27H22F4N4O6/c28-20-8-6-18(7-9-20)25(36)33-23(17-4-2-1-3-5-17)16-41-26(33)10-12-32(13-11-26)24-21(34(37)38)14-19(27(29,30)31)15-22(24)35(39)40/h1-9,14-15,23H,10-13,16H2/t23-/m0/s1. The van der Waals surface area contributed by atoms with Gasteiger partial charge >= 0.3 is 6.18 Å². The predicted molar refractivity (Wildman–Crippen MR) is 137 cm³/mol. The normalized spacial score (nSPS) is 18.5. The third kappa shape index (κ3) is 5.17. The Bertz CT molecular complexity index is 1460. The summed E-state index contributed by atoms with van der Waals surface area (Å²) in [6.45, 7) is -0.0823. The highest BCUT2D eigenvalue weighted by atomic mass is 19.4. The van der Waals surface area contributed by atoms with E-state index in [1.165, 1.54) is 17.0 Å². The third-order valence-corrected chi connectivity index (χ3v) is 7.41. The maximum Gasteiger partial charge on any atom is 0.416 e. The number of nitro benzene ring substituents is 2. The number of amides is 1. The number of carbonyl (C=O) groups excluding carboxylic acids is 1. The van der Waals surface area contributed by atoms with Gasteiger partial charge in [-0.25, -0.2) is 4.39 Å². The molecule has 41 heavy (non-hydrogen) atoms. The highest BCUT2D eigenvalue weighted by Gasteiger charge is 2.53. The number of hydrogen-bond acceptors (Lipinski definition) is 7. The lowest BCUT2D eigenvalue weighted by Gasteiger charge is -2.45. The van der Waals surface area contributed by atoms with Gasteiger partial charge in [0.25, 0.3) is 17.3 Å². The van der Waals surface area contributed by atoms with Crippen molar-refractivity contribution in [2.24, 2.45) is 0 Å². The monoisotopic (exact) mass is 574 g/mol. The number of nitrogens with zero attached hydrogens (tertiary/aromatic N) is 4. The summed E-state index contributed by atoms with van der Waals surface area (Å²) >= 11 is 0. The summed E-state index contributed by atoms with van der Waals surface area (Å²) in [4.78, 5) is 38.0. The fourth-order valence-corrected chi connectivity index (χ4v) is 5.48. The van der Waals surface area contributed by atoms with E-state index in [0.717, 1.165) is 17.7 Å². The molecule has 2 fully saturated rings. The molecule has 3 aromatic rings. The van der Waals surface area contributed by atoms with E-state index in [-0.39, 0.29) is 50.2 Å².